The van der Waals surface area contributed by atoms with Gasteiger partial charge in [-0.25, -0.2) is 4.39 Å². The number of aliphatic carboxylic acids is 1. The van der Waals surface area contributed by atoms with Gasteiger partial charge in [-0.15, -0.1) is 0 Å². The van der Waals surface area contributed by atoms with Gasteiger partial charge >= 0.3 is 5.97 Å². The number of Topliss-reactive ketones (excluding diaryl/α,β-unsaturated/α-hetero) is 1. The molecule has 80 valence electrons. The van der Waals surface area contributed by atoms with E-state index < -0.39 is 17.6 Å². The molecule has 0 unspecified atom stereocenters. The van der Waals surface area contributed by atoms with Crippen LogP contribution in [-0.4, -0.2) is 16.9 Å². The van der Waals surface area contributed by atoms with Gasteiger partial charge in [-0.1, -0.05) is 0 Å². The molecule has 0 aromatic heterocycles. The van der Waals surface area contributed by atoms with Crippen molar-refractivity contribution in [1.82, 2.24) is 0 Å². The van der Waals surface area contributed by atoms with E-state index in [-0.39, 0.29) is 24.1 Å². The number of carboxylic acids is 1. The van der Waals surface area contributed by atoms with Crippen molar-refractivity contribution in [1.29, 1.82) is 0 Å². The lowest BCUT2D eigenvalue weighted by atomic mass is 10.0. The van der Waals surface area contributed by atoms with E-state index in [0.29, 0.717) is 0 Å². The molecule has 0 radical (unpaired) electrons. The Morgan fingerprint density at radius 3 is 2.60 bits per heavy atom. The molecule has 0 amide bonds. The first kappa shape index (κ1) is 11.2. The van der Waals surface area contributed by atoms with Crippen LogP contribution in [0.2, 0.25) is 0 Å². The fourth-order valence-corrected chi connectivity index (χ4v) is 1.13. The van der Waals surface area contributed by atoms with Crippen molar-refractivity contribution >= 4 is 17.4 Å². The lowest BCUT2D eigenvalue weighted by Crippen LogP contribution is -2.07. The van der Waals surface area contributed by atoms with Gasteiger partial charge in [0.1, 0.15) is 5.82 Å². The Kier molecular flexibility index (Phi) is 3.38. The number of benzene rings is 1. The zero-order valence-electron chi connectivity index (χ0n) is 7.87. The fourth-order valence-electron chi connectivity index (χ4n) is 1.13. The maximum Gasteiger partial charge on any atom is 0.303 e. The number of carbonyl (C=O) groups is 2. The number of anilines is 1. The molecule has 0 aliphatic rings. The smallest absolute Gasteiger partial charge is 0.303 e. The zero-order chi connectivity index (χ0) is 11.4. The number of nitrogens with two attached hydrogens (primary N) is 1. The summed E-state index contributed by atoms with van der Waals surface area (Å²) in [6.07, 6.45) is -0.461. The Hall–Kier alpha value is -1.91. The lowest BCUT2D eigenvalue weighted by molar-refractivity contribution is -0.136. The normalized spacial score (nSPS) is 9.93. The van der Waals surface area contributed by atoms with Crippen molar-refractivity contribution in [3.63, 3.8) is 0 Å². The molecule has 0 atom stereocenters. The number of carboxylic acid groups (broad SMARTS) is 1. The van der Waals surface area contributed by atoms with Crippen LogP contribution >= 0.6 is 0 Å². The highest BCUT2D eigenvalue weighted by Crippen LogP contribution is 2.16. The summed E-state index contributed by atoms with van der Waals surface area (Å²) >= 11 is 0. The molecule has 5 heteroatoms. The fraction of sp³-hybridized carbons (Fsp3) is 0.200. The monoisotopic (exact) mass is 211 g/mol. The molecule has 0 bridgehead atoms. The van der Waals surface area contributed by atoms with Crippen LogP contribution in [0.25, 0.3) is 0 Å². The number of hydrogen-bond donors (Lipinski definition) is 2. The highest BCUT2D eigenvalue weighted by atomic mass is 19.1. The average molecular weight is 211 g/mol. The molecule has 0 aliphatic carbocycles. The number of carbonyl (C=O) groups excluding carboxylic acids is 1. The van der Waals surface area contributed by atoms with Crippen LogP contribution in [0.5, 0.6) is 0 Å². The van der Waals surface area contributed by atoms with Crippen LogP contribution in [-0.2, 0) is 4.79 Å². The Morgan fingerprint density at radius 1 is 1.33 bits per heavy atom. The Bertz CT molecular complexity index is 404. The Balaban J connectivity index is 2.81. The van der Waals surface area contributed by atoms with Gasteiger partial charge in [-0.3, -0.25) is 9.59 Å². The van der Waals surface area contributed by atoms with Crippen LogP contribution in [0.15, 0.2) is 18.2 Å². The zero-order valence-corrected chi connectivity index (χ0v) is 7.87. The number of nitrogen functional groups attached to an aromatic ring is 1. The number of rotatable bonds is 4. The summed E-state index contributed by atoms with van der Waals surface area (Å²) in [4.78, 5) is 21.6. The van der Waals surface area contributed by atoms with Gasteiger partial charge in [0.05, 0.1) is 6.42 Å². The predicted octanol–water partition coefficient (Wildman–Crippen LogP) is 1.46. The summed E-state index contributed by atoms with van der Waals surface area (Å²) in [5, 5.41) is 8.38. The van der Waals surface area contributed by atoms with Crippen molar-refractivity contribution in [3.8, 4) is 0 Å². The number of hydrogen-bond acceptors (Lipinski definition) is 3. The quantitative estimate of drug-likeness (QED) is 0.583. The summed E-state index contributed by atoms with van der Waals surface area (Å²) in [7, 11) is 0. The third-order valence-corrected chi connectivity index (χ3v) is 1.88. The minimum absolute atomic E-state index is 0.0382. The third kappa shape index (κ3) is 3.05. The van der Waals surface area contributed by atoms with Crippen LogP contribution < -0.4 is 5.73 Å². The second-order valence-corrected chi connectivity index (χ2v) is 3.05. The predicted molar refractivity (Wildman–Crippen MR) is 52.0 cm³/mol. The molecular formula is C10H10FNO3. The van der Waals surface area contributed by atoms with E-state index in [1.54, 1.807) is 0 Å². The van der Waals surface area contributed by atoms with Crippen LogP contribution in [0.4, 0.5) is 10.1 Å². The van der Waals surface area contributed by atoms with Crippen LogP contribution in [0, 0.1) is 5.82 Å². The summed E-state index contributed by atoms with van der Waals surface area (Å²) in [6, 6.07) is 3.44. The van der Waals surface area contributed by atoms with E-state index in [1.807, 2.05) is 0 Å². The Morgan fingerprint density at radius 2 is 2.00 bits per heavy atom. The Labute approximate surface area is 85.5 Å². The van der Waals surface area contributed by atoms with Gasteiger partial charge in [0.15, 0.2) is 5.78 Å². The van der Waals surface area contributed by atoms with Crippen molar-refractivity contribution in [2.45, 2.75) is 12.8 Å². The SMILES string of the molecule is Nc1ccc(F)cc1C(=O)CCC(=O)O. The molecule has 3 N–H and O–H groups in total. The lowest BCUT2D eigenvalue weighted by Gasteiger charge is -2.03. The summed E-state index contributed by atoms with van der Waals surface area (Å²) in [6.45, 7) is 0. The number of ketones is 1. The molecule has 0 saturated carbocycles. The van der Waals surface area contributed by atoms with E-state index in [0.717, 1.165) is 12.1 Å². The van der Waals surface area contributed by atoms with Crippen molar-refractivity contribution in [2.24, 2.45) is 0 Å². The first-order chi connectivity index (χ1) is 7.00. The second kappa shape index (κ2) is 4.54. The molecule has 0 spiro atoms. The molecule has 0 saturated heterocycles. The van der Waals surface area contributed by atoms with Gasteiger partial charge in [0, 0.05) is 17.7 Å². The van der Waals surface area contributed by atoms with E-state index in [2.05, 4.69) is 0 Å². The first-order valence-corrected chi connectivity index (χ1v) is 4.30. The molecule has 0 fully saturated rings. The molecule has 1 aromatic carbocycles. The molecule has 1 rings (SSSR count). The highest BCUT2D eigenvalue weighted by molar-refractivity contribution is 6.01. The maximum absolute atomic E-state index is 12.8. The molecular weight excluding hydrogens is 201 g/mol. The summed E-state index contributed by atoms with van der Waals surface area (Å²) < 4.78 is 12.8. The molecule has 0 aliphatic heterocycles. The van der Waals surface area contributed by atoms with E-state index in [4.69, 9.17) is 10.8 Å². The van der Waals surface area contributed by atoms with Gasteiger partial charge < -0.3 is 10.8 Å². The van der Waals surface area contributed by atoms with E-state index in [9.17, 15) is 14.0 Å². The average Bonchev–Trinajstić information content (AvgIpc) is 2.18. The van der Waals surface area contributed by atoms with Crippen molar-refractivity contribution in [3.05, 3.63) is 29.6 Å². The van der Waals surface area contributed by atoms with Gasteiger partial charge in [-0.2, -0.15) is 0 Å². The molecule has 4 nitrogen and oxygen atoms in total. The largest absolute Gasteiger partial charge is 0.481 e. The van der Waals surface area contributed by atoms with E-state index >= 15 is 0 Å². The summed E-state index contributed by atoms with van der Waals surface area (Å²) in [5.74, 6) is -2.10. The second-order valence-electron chi connectivity index (χ2n) is 3.05. The van der Waals surface area contributed by atoms with Crippen LogP contribution in [0.1, 0.15) is 23.2 Å². The van der Waals surface area contributed by atoms with Gasteiger partial charge in [0.2, 0.25) is 0 Å². The van der Waals surface area contributed by atoms with Gasteiger partial charge in [-0.05, 0) is 18.2 Å². The standard InChI is InChI=1S/C10H10FNO3/c11-6-1-2-8(12)7(5-6)9(13)3-4-10(14)15/h1-2,5H,3-4,12H2,(H,14,15). The summed E-state index contributed by atoms with van der Waals surface area (Å²) in [5.41, 5.74) is 5.66. The van der Waals surface area contributed by atoms with Crippen molar-refractivity contribution in [2.75, 3.05) is 5.73 Å². The maximum atomic E-state index is 12.8. The molecule has 1 aromatic rings. The topological polar surface area (TPSA) is 80.4 Å². The van der Waals surface area contributed by atoms with Crippen LogP contribution in [0.3, 0.4) is 0 Å². The minimum atomic E-state index is -1.07. The molecule has 0 heterocycles. The minimum Gasteiger partial charge on any atom is -0.481 e. The third-order valence-electron chi connectivity index (χ3n) is 1.88. The first-order valence-electron chi connectivity index (χ1n) is 4.30. The molecule has 15 heavy (non-hydrogen) atoms. The van der Waals surface area contributed by atoms with Crippen molar-refractivity contribution < 1.29 is 19.1 Å². The van der Waals surface area contributed by atoms with E-state index in [1.165, 1.54) is 6.07 Å². The number of halogens is 1. The highest BCUT2D eigenvalue weighted by Gasteiger charge is 2.12. The van der Waals surface area contributed by atoms with Gasteiger partial charge in [0.25, 0.3) is 0 Å².